The molecule has 112 valence electrons. The van der Waals surface area contributed by atoms with E-state index in [2.05, 4.69) is 15.3 Å². The predicted octanol–water partition coefficient (Wildman–Crippen LogP) is 4.02. The first-order chi connectivity index (χ1) is 10.6. The Labute approximate surface area is 134 Å². The molecule has 2 atom stereocenters. The first-order valence-electron chi connectivity index (χ1n) is 6.88. The molecule has 0 spiro atoms. The van der Waals surface area contributed by atoms with Crippen molar-refractivity contribution >= 4 is 43.9 Å². The van der Waals surface area contributed by atoms with Gasteiger partial charge in [-0.2, -0.15) is 0 Å². The van der Waals surface area contributed by atoms with E-state index in [0.29, 0.717) is 11.6 Å². The van der Waals surface area contributed by atoms with E-state index in [4.69, 9.17) is 0 Å². The van der Waals surface area contributed by atoms with Crippen LogP contribution in [0, 0.1) is 12.8 Å². The van der Waals surface area contributed by atoms with Crippen molar-refractivity contribution in [3.05, 3.63) is 28.6 Å². The first kappa shape index (κ1) is 13.8. The Hall–Kier alpha value is -1.86. The van der Waals surface area contributed by atoms with Crippen LogP contribution < -0.4 is 5.32 Å². The number of hydrogen-bond acceptors (Lipinski definition) is 5. The molecule has 1 fully saturated rings. The Kier molecular flexibility index (Phi) is 3.19. The fourth-order valence-corrected chi connectivity index (χ4v) is 3.85. The van der Waals surface area contributed by atoms with Gasteiger partial charge in [-0.3, -0.25) is 4.79 Å². The summed E-state index contributed by atoms with van der Waals surface area (Å²) < 4.78 is 13.9. The van der Waals surface area contributed by atoms with Gasteiger partial charge in [0, 0.05) is 10.4 Å². The summed E-state index contributed by atoms with van der Waals surface area (Å²) >= 11 is 3.01. The van der Waals surface area contributed by atoms with Crippen LogP contribution in [0.15, 0.2) is 23.7 Å². The molecule has 4 rings (SSSR count). The maximum Gasteiger partial charge on any atom is 0.232 e. The zero-order valence-corrected chi connectivity index (χ0v) is 13.3. The minimum absolute atomic E-state index is 0.276. The summed E-state index contributed by atoms with van der Waals surface area (Å²) in [6, 6.07) is 5.93. The van der Waals surface area contributed by atoms with Crippen molar-refractivity contribution in [1.29, 1.82) is 0 Å². The third-order valence-corrected chi connectivity index (χ3v) is 5.38. The van der Waals surface area contributed by atoms with Gasteiger partial charge in [0.25, 0.3) is 0 Å². The van der Waals surface area contributed by atoms with Gasteiger partial charge >= 0.3 is 0 Å². The molecule has 0 bridgehead atoms. The minimum Gasteiger partial charge on any atom is -0.302 e. The molecule has 1 amide bonds. The average Bonchev–Trinajstić information content (AvgIpc) is 2.90. The van der Waals surface area contributed by atoms with Crippen LogP contribution in [-0.2, 0) is 4.79 Å². The Bertz CT molecular complexity index is 873. The van der Waals surface area contributed by atoms with E-state index in [1.54, 1.807) is 11.3 Å². The fourth-order valence-electron chi connectivity index (χ4n) is 2.34. The topological polar surface area (TPSA) is 54.9 Å². The third-order valence-electron chi connectivity index (χ3n) is 3.69. The Morgan fingerprint density at radius 2 is 2.27 bits per heavy atom. The number of alkyl halides is 1. The Balaban J connectivity index is 1.63. The van der Waals surface area contributed by atoms with Gasteiger partial charge in [-0.05, 0) is 25.5 Å². The van der Waals surface area contributed by atoms with Crippen LogP contribution in [0.2, 0.25) is 0 Å². The molecule has 2 aromatic heterocycles. The zero-order valence-electron chi connectivity index (χ0n) is 11.7. The number of aromatic nitrogens is 2. The van der Waals surface area contributed by atoms with Crippen molar-refractivity contribution < 1.29 is 9.18 Å². The number of halogens is 1. The second kappa shape index (κ2) is 5.10. The van der Waals surface area contributed by atoms with E-state index in [-0.39, 0.29) is 5.91 Å². The van der Waals surface area contributed by atoms with Crippen LogP contribution in [0.1, 0.15) is 11.3 Å². The third kappa shape index (κ3) is 2.40. The first-order valence-corrected chi connectivity index (χ1v) is 8.57. The molecule has 1 aliphatic rings. The quantitative estimate of drug-likeness (QED) is 0.787. The molecule has 2 heterocycles. The lowest BCUT2D eigenvalue weighted by atomic mass is 10.1. The molecule has 22 heavy (non-hydrogen) atoms. The molecule has 0 radical (unpaired) electrons. The number of benzene rings is 1. The van der Waals surface area contributed by atoms with Crippen LogP contribution in [0.25, 0.3) is 21.5 Å². The monoisotopic (exact) mass is 333 g/mol. The van der Waals surface area contributed by atoms with Crippen LogP contribution in [0.3, 0.4) is 0 Å². The molecular formula is C15H12FN3OS2. The maximum atomic E-state index is 12.9. The predicted molar refractivity (Wildman–Crippen MR) is 87.1 cm³/mol. The van der Waals surface area contributed by atoms with E-state index >= 15 is 0 Å². The highest BCUT2D eigenvalue weighted by Crippen LogP contribution is 2.36. The smallest absolute Gasteiger partial charge is 0.232 e. The van der Waals surface area contributed by atoms with Gasteiger partial charge in [0.2, 0.25) is 5.91 Å². The summed E-state index contributed by atoms with van der Waals surface area (Å²) in [6.07, 6.45) is -0.669. The van der Waals surface area contributed by atoms with Crippen molar-refractivity contribution in [2.75, 3.05) is 5.32 Å². The molecule has 1 N–H and O–H groups in total. The molecule has 2 unspecified atom stereocenters. The Morgan fingerprint density at radius 1 is 1.45 bits per heavy atom. The zero-order chi connectivity index (χ0) is 15.3. The Morgan fingerprint density at radius 3 is 2.95 bits per heavy atom. The van der Waals surface area contributed by atoms with E-state index in [0.717, 1.165) is 21.5 Å². The standard InChI is InChI=1S/C15H12FN3OS2/c1-7-13(17-6-21-7)8-2-3-11-12(4-8)22-15(18-11)19-14(20)9-5-10(9)16/h2-4,6,9-10H,5H2,1H3,(H,18,19,20). The lowest BCUT2D eigenvalue weighted by Crippen LogP contribution is -2.14. The highest BCUT2D eigenvalue weighted by molar-refractivity contribution is 7.22. The van der Waals surface area contributed by atoms with Crippen molar-refractivity contribution in [3.63, 3.8) is 0 Å². The molecule has 4 nitrogen and oxygen atoms in total. The summed E-state index contributed by atoms with van der Waals surface area (Å²) in [6.45, 7) is 2.04. The van der Waals surface area contributed by atoms with Gasteiger partial charge in [-0.25, -0.2) is 14.4 Å². The van der Waals surface area contributed by atoms with Crippen molar-refractivity contribution in [3.8, 4) is 11.3 Å². The van der Waals surface area contributed by atoms with E-state index in [1.165, 1.54) is 16.2 Å². The number of carbonyl (C=O) groups is 1. The lowest BCUT2D eigenvalue weighted by molar-refractivity contribution is -0.117. The van der Waals surface area contributed by atoms with Crippen LogP contribution in [-0.4, -0.2) is 22.0 Å². The normalized spacial score (nSPS) is 20.3. The van der Waals surface area contributed by atoms with Crippen LogP contribution in [0.5, 0.6) is 0 Å². The number of anilines is 1. The summed E-state index contributed by atoms with van der Waals surface area (Å²) in [4.78, 5) is 21.7. The van der Waals surface area contributed by atoms with Crippen molar-refractivity contribution in [2.45, 2.75) is 19.5 Å². The van der Waals surface area contributed by atoms with Gasteiger partial charge in [0.15, 0.2) is 5.13 Å². The number of thiazole rings is 2. The summed E-state index contributed by atoms with van der Waals surface area (Å²) in [7, 11) is 0. The number of amides is 1. The number of nitrogens with zero attached hydrogens (tertiary/aromatic N) is 2. The number of fused-ring (bicyclic) bond motifs is 1. The van der Waals surface area contributed by atoms with Crippen molar-refractivity contribution in [2.24, 2.45) is 5.92 Å². The summed E-state index contributed by atoms with van der Waals surface area (Å²) in [5.41, 5.74) is 4.67. The number of aryl methyl sites for hydroxylation is 1. The lowest BCUT2D eigenvalue weighted by Gasteiger charge is -1.98. The van der Waals surface area contributed by atoms with E-state index < -0.39 is 12.1 Å². The van der Waals surface area contributed by atoms with Gasteiger partial charge in [0.05, 0.1) is 27.3 Å². The van der Waals surface area contributed by atoms with Gasteiger partial charge in [-0.15, -0.1) is 11.3 Å². The molecule has 3 aromatic rings. The maximum absolute atomic E-state index is 12.9. The highest BCUT2D eigenvalue weighted by Gasteiger charge is 2.43. The molecule has 0 saturated heterocycles. The summed E-state index contributed by atoms with van der Waals surface area (Å²) in [5.74, 6) is -0.776. The SMILES string of the molecule is Cc1scnc1-c1ccc2nc(NC(=O)C3CC3F)sc2c1. The van der Waals surface area contributed by atoms with Crippen molar-refractivity contribution in [1.82, 2.24) is 9.97 Å². The fraction of sp³-hybridized carbons (Fsp3) is 0.267. The second-order valence-corrected chi connectivity index (χ2v) is 7.40. The number of hydrogen-bond donors (Lipinski definition) is 1. The van der Waals surface area contributed by atoms with Gasteiger partial charge in [0.1, 0.15) is 6.17 Å². The molecule has 0 aliphatic heterocycles. The van der Waals surface area contributed by atoms with Crippen LogP contribution in [0.4, 0.5) is 9.52 Å². The van der Waals surface area contributed by atoms with Gasteiger partial charge < -0.3 is 5.32 Å². The minimum atomic E-state index is -0.992. The number of carbonyl (C=O) groups excluding carboxylic acids is 1. The number of rotatable bonds is 3. The van der Waals surface area contributed by atoms with E-state index in [9.17, 15) is 9.18 Å². The second-order valence-electron chi connectivity index (χ2n) is 5.31. The van der Waals surface area contributed by atoms with E-state index in [1.807, 2.05) is 30.6 Å². The number of nitrogens with one attached hydrogen (secondary N) is 1. The molecule has 1 saturated carbocycles. The highest BCUT2D eigenvalue weighted by atomic mass is 32.1. The van der Waals surface area contributed by atoms with Gasteiger partial charge in [-0.1, -0.05) is 17.4 Å². The molecule has 1 aliphatic carbocycles. The summed E-state index contributed by atoms with van der Waals surface area (Å²) in [5, 5.41) is 3.22. The average molecular weight is 333 g/mol. The van der Waals surface area contributed by atoms with Crippen LogP contribution >= 0.6 is 22.7 Å². The molecule has 1 aromatic carbocycles. The molecular weight excluding hydrogens is 321 g/mol. The largest absolute Gasteiger partial charge is 0.302 e. The molecule has 7 heteroatoms.